The minimum atomic E-state index is 0.587. The summed E-state index contributed by atoms with van der Waals surface area (Å²) in [6, 6.07) is 12.2. The van der Waals surface area contributed by atoms with Crippen molar-refractivity contribution in [2.45, 2.75) is 38.5 Å². The van der Waals surface area contributed by atoms with Gasteiger partial charge in [0, 0.05) is 12.0 Å². The molecular weight excluding hydrogens is 234 g/mol. The Morgan fingerprint density at radius 3 is 2.47 bits per heavy atom. The predicted octanol–water partition coefficient (Wildman–Crippen LogP) is 3.75. The Morgan fingerprint density at radius 1 is 1.11 bits per heavy atom. The molecule has 100 valence electrons. The molecule has 0 unspecified atom stereocenters. The van der Waals surface area contributed by atoms with Crippen LogP contribution in [0, 0.1) is 5.92 Å². The van der Waals surface area contributed by atoms with Gasteiger partial charge in [-0.25, -0.2) is 4.68 Å². The van der Waals surface area contributed by atoms with Crippen LogP contribution in [0.4, 0.5) is 5.82 Å². The van der Waals surface area contributed by atoms with Gasteiger partial charge in [-0.2, -0.15) is 5.10 Å². The number of nitrogens with zero attached hydrogens (tertiary/aromatic N) is 2. The largest absolute Gasteiger partial charge is 0.384 e. The Morgan fingerprint density at radius 2 is 1.79 bits per heavy atom. The lowest BCUT2D eigenvalue weighted by atomic mass is 9.81. The average Bonchev–Trinajstić information content (AvgIpc) is 2.83. The molecule has 0 atom stereocenters. The summed E-state index contributed by atoms with van der Waals surface area (Å²) in [6.45, 7) is 2.34. The maximum Gasteiger partial charge on any atom is 0.127 e. The Kier molecular flexibility index (Phi) is 3.28. The number of hydrogen-bond acceptors (Lipinski definition) is 2. The molecule has 1 saturated carbocycles. The number of nitrogens with two attached hydrogens (primary N) is 1. The number of benzene rings is 1. The van der Waals surface area contributed by atoms with Gasteiger partial charge in [0.05, 0.1) is 11.4 Å². The van der Waals surface area contributed by atoms with Gasteiger partial charge in [0.2, 0.25) is 0 Å². The van der Waals surface area contributed by atoms with Gasteiger partial charge in [0.15, 0.2) is 0 Å². The van der Waals surface area contributed by atoms with E-state index in [2.05, 4.69) is 6.92 Å². The van der Waals surface area contributed by atoms with Crippen LogP contribution in [0.2, 0.25) is 0 Å². The zero-order valence-electron chi connectivity index (χ0n) is 11.4. The van der Waals surface area contributed by atoms with Crippen molar-refractivity contribution in [1.82, 2.24) is 9.78 Å². The summed E-state index contributed by atoms with van der Waals surface area (Å²) >= 11 is 0. The molecule has 3 heteroatoms. The average molecular weight is 255 g/mol. The number of aromatic nitrogens is 2. The van der Waals surface area contributed by atoms with Crippen molar-refractivity contribution < 1.29 is 0 Å². The third kappa shape index (κ3) is 2.50. The van der Waals surface area contributed by atoms with E-state index in [1.807, 2.05) is 41.1 Å². The number of para-hydroxylation sites is 1. The van der Waals surface area contributed by atoms with E-state index in [4.69, 9.17) is 10.8 Å². The highest BCUT2D eigenvalue weighted by Crippen LogP contribution is 2.35. The molecule has 3 nitrogen and oxygen atoms in total. The fraction of sp³-hybridized carbons (Fsp3) is 0.438. The van der Waals surface area contributed by atoms with E-state index in [1.165, 1.54) is 25.7 Å². The lowest BCUT2D eigenvalue weighted by Gasteiger charge is -2.24. The fourth-order valence-electron chi connectivity index (χ4n) is 2.95. The molecule has 1 aliphatic rings. The number of anilines is 1. The van der Waals surface area contributed by atoms with E-state index < -0.39 is 0 Å². The van der Waals surface area contributed by atoms with E-state index in [1.54, 1.807) is 0 Å². The first-order valence-electron chi connectivity index (χ1n) is 7.15. The standard InChI is InChI=1S/C16H21N3/c1-12-7-9-13(10-8-12)15-11-16(17)19(18-15)14-5-3-2-4-6-14/h2-6,11-13H,7-10,17H2,1H3. The van der Waals surface area contributed by atoms with Crippen molar-refractivity contribution >= 4 is 5.82 Å². The van der Waals surface area contributed by atoms with E-state index in [0.717, 1.165) is 23.1 Å². The summed E-state index contributed by atoms with van der Waals surface area (Å²) in [6.07, 6.45) is 5.10. The molecule has 1 aromatic heterocycles. The van der Waals surface area contributed by atoms with Crippen LogP contribution in [-0.4, -0.2) is 9.78 Å². The first-order valence-corrected chi connectivity index (χ1v) is 7.15. The van der Waals surface area contributed by atoms with Gasteiger partial charge < -0.3 is 5.73 Å². The van der Waals surface area contributed by atoms with Gasteiger partial charge >= 0.3 is 0 Å². The van der Waals surface area contributed by atoms with Crippen molar-refractivity contribution in [1.29, 1.82) is 0 Å². The molecule has 1 aliphatic carbocycles. The molecule has 1 fully saturated rings. The van der Waals surface area contributed by atoms with Crippen LogP contribution in [0.3, 0.4) is 0 Å². The first kappa shape index (κ1) is 12.3. The highest BCUT2D eigenvalue weighted by Gasteiger charge is 2.22. The molecule has 0 radical (unpaired) electrons. The van der Waals surface area contributed by atoms with E-state index in [9.17, 15) is 0 Å². The Hall–Kier alpha value is -1.77. The topological polar surface area (TPSA) is 43.8 Å². The van der Waals surface area contributed by atoms with Crippen molar-refractivity contribution in [3.63, 3.8) is 0 Å². The maximum absolute atomic E-state index is 6.11. The van der Waals surface area contributed by atoms with Gasteiger partial charge in [-0.15, -0.1) is 0 Å². The van der Waals surface area contributed by atoms with Gasteiger partial charge in [0.1, 0.15) is 5.82 Å². The molecule has 0 amide bonds. The van der Waals surface area contributed by atoms with Crippen LogP contribution in [-0.2, 0) is 0 Å². The number of rotatable bonds is 2. The molecule has 3 rings (SSSR count). The highest BCUT2D eigenvalue weighted by molar-refractivity contribution is 5.43. The molecule has 2 aromatic rings. The minimum Gasteiger partial charge on any atom is -0.384 e. The normalized spacial score (nSPS) is 23.4. The summed E-state index contributed by atoms with van der Waals surface area (Å²) in [5, 5.41) is 4.72. The van der Waals surface area contributed by atoms with Crippen LogP contribution < -0.4 is 5.73 Å². The van der Waals surface area contributed by atoms with Gasteiger partial charge in [-0.1, -0.05) is 38.0 Å². The molecule has 2 N–H and O–H groups in total. The fourth-order valence-corrected chi connectivity index (χ4v) is 2.95. The second-order valence-electron chi connectivity index (χ2n) is 5.70. The Bertz CT molecular complexity index is 536. The molecular formula is C16H21N3. The quantitative estimate of drug-likeness (QED) is 0.888. The summed E-state index contributed by atoms with van der Waals surface area (Å²) < 4.78 is 1.85. The maximum atomic E-state index is 6.11. The Balaban J connectivity index is 1.85. The van der Waals surface area contributed by atoms with Gasteiger partial charge in [0.25, 0.3) is 0 Å². The van der Waals surface area contributed by atoms with E-state index in [0.29, 0.717) is 5.92 Å². The molecule has 0 bridgehead atoms. The van der Waals surface area contributed by atoms with E-state index in [-0.39, 0.29) is 0 Å². The Labute approximate surface area is 114 Å². The number of hydrogen-bond donors (Lipinski definition) is 1. The van der Waals surface area contributed by atoms with Crippen LogP contribution in [0.5, 0.6) is 0 Å². The van der Waals surface area contributed by atoms with Crippen LogP contribution >= 0.6 is 0 Å². The lowest BCUT2D eigenvalue weighted by Crippen LogP contribution is -2.11. The molecule has 0 spiro atoms. The third-order valence-corrected chi connectivity index (χ3v) is 4.19. The summed E-state index contributed by atoms with van der Waals surface area (Å²) in [5.41, 5.74) is 8.31. The molecule has 1 aromatic carbocycles. The van der Waals surface area contributed by atoms with Crippen molar-refractivity contribution in [2.75, 3.05) is 5.73 Å². The van der Waals surface area contributed by atoms with Crippen LogP contribution in [0.25, 0.3) is 5.69 Å². The minimum absolute atomic E-state index is 0.587. The third-order valence-electron chi connectivity index (χ3n) is 4.19. The highest BCUT2D eigenvalue weighted by atomic mass is 15.3. The monoisotopic (exact) mass is 255 g/mol. The van der Waals surface area contributed by atoms with Crippen molar-refractivity contribution in [2.24, 2.45) is 5.92 Å². The molecule has 19 heavy (non-hydrogen) atoms. The van der Waals surface area contributed by atoms with Crippen molar-refractivity contribution in [3.8, 4) is 5.69 Å². The van der Waals surface area contributed by atoms with Gasteiger partial charge in [-0.05, 0) is 30.9 Å². The zero-order valence-corrected chi connectivity index (χ0v) is 11.4. The predicted molar refractivity (Wildman–Crippen MR) is 78.3 cm³/mol. The smallest absolute Gasteiger partial charge is 0.127 e. The van der Waals surface area contributed by atoms with Crippen molar-refractivity contribution in [3.05, 3.63) is 42.1 Å². The summed E-state index contributed by atoms with van der Waals surface area (Å²) in [7, 11) is 0. The lowest BCUT2D eigenvalue weighted by molar-refractivity contribution is 0.343. The second-order valence-corrected chi connectivity index (χ2v) is 5.70. The van der Waals surface area contributed by atoms with E-state index >= 15 is 0 Å². The molecule has 1 heterocycles. The van der Waals surface area contributed by atoms with Gasteiger partial charge in [-0.3, -0.25) is 0 Å². The SMILES string of the molecule is CC1CCC(c2cc(N)n(-c3ccccc3)n2)CC1. The zero-order chi connectivity index (χ0) is 13.2. The van der Waals surface area contributed by atoms with Crippen LogP contribution in [0.15, 0.2) is 36.4 Å². The molecule has 0 saturated heterocycles. The summed E-state index contributed by atoms with van der Waals surface area (Å²) in [5.74, 6) is 2.19. The molecule has 0 aliphatic heterocycles. The van der Waals surface area contributed by atoms with Crippen LogP contribution in [0.1, 0.15) is 44.2 Å². The summed E-state index contributed by atoms with van der Waals surface area (Å²) in [4.78, 5) is 0. The second kappa shape index (κ2) is 5.08. The first-order chi connectivity index (χ1) is 9.24. The number of nitrogen functional groups attached to an aromatic ring is 1.